The van der Waals surface area contributed by atoms with Gasteiger partial charge in [0.2, 0.25) is 0 Å². The first-order valence-electron chi connectivity index (χ1n) is 4.45. The maximum absolute atomic E-state index is 11.3. The number of aromatic nitrogens is 1. The van der Waals surface area contributed by atoms with Crippen LogP contribution in [0.5, 0.6) is 0 Å². The molecule has 0 radical (unpaired) electrons. The summed E-state index contributed by atoms with van der Waals surface area (Å²) in [5, 5.41) is 8.81. The summed E-state index contributed by atoms with van der Waals surface area (Å²) < 4.78 is 2.02. The van der Waals surface area contributed by atoms with E-state index in [9.17, 15) is 4.79 Å². The summed E-state index contributed by atoms with van der Waals surface area (Å²) in [5.74, 6) is 0. The summed E-state index contributed by atoms with van der Waals surface area (Å²) >= 11 is 0. The Labute approximate surface area is 76.2 Å². The molecule has 1 aromatic rings. The van der Waals surface area contributed by atoms with Crippen molar-refractivity contribution in [2.45, 2.75) is 25.8 Å². The van der Waals surface area contributed by atoms with Crippen LogP contribution >= 0.6 is 0 Å². The van der Waals surface area contributed by atoms with Gasteiger partial charge in [0, 0.05) is 24.5 Å². The van der Waals surface area contributed by atoms with E-state index in [0.717, 1.165) is 31.5 Å². The van der Waals surface area contributed by atoms with Gasteiger partial charge >= 0.3 is 0 Å². The molecule has 0 saturated heterocycles. The second-order valence-electron chi connectivity index (χ2n) is 3.26. The summed E-state index contributed by atoms with van der Waals surface area (Å²) in [6.07, 6.45) is 4.87. The Morgan fingerprint density at radius 2 is 2.31 bits per heavy atom. The molecular formula is C10H10N2O. The van der Waals surface area contributed by atoms with Crippen LogP contribution in [0.4, 0.5) is 0 Å². The quantitative estimate of drug-likeness (QED) is 0.590. The number of rotatable bonds is 0. The van der Waals surface area contributed by atoms with Gasteiger partial charge in [-0.25, -0.2) is 0 Å². The van der Waals surface area contributed by atoms with E-state index in [1.54, 1.807) is 6.20 Å². The maximum atomic E-state index is 11.3. The Morgan fingerprint density at radius 1 is 1.46 bits per heavy atom. The van der Waals surface area contributed by atoms with Crippen molar-refractivity contribution in [2.75, 3.05) is 0 Å². The van der Waals surface area contributed by atoms with Gasteiger partial charge in [0.25, 0.3) is 0 Å². The Balaban J connectivity index is 2.67. The summed E-state index contributed by atoms with van der Waals surface area (Å²) in [7, 11) is 0. The zero-order valence-corrected chi connectivity index (χ0v) is 7.29. The highest BCUT2D eigenvalue weighted by Gasteiger charge is 2.13. The van der Waals surface area contributed by atoms with Gasteiger partial charge in [-0.15, -0.1) is 0 Å². The van der Waals surface area contributed by atoms with Crippen molar-refractivity contribution in [3.63, 3.8) is 0 Å². The number of nitriles is 1. The summed E-state index contributed by atoms with van der Waals surface area (Å²) in [6, 6.07) is 3.47. The highest BCUT2D eigenvalue weighted by molar-refractivity contribution is 5.34. The topological polar surface area (TPSA) is 45.8 Å². The van der Waals surface area contributed by atoms with Gasteiger partial charge in [-0.05, 0) is 19.3 Å². The molecule has 13 heavy (non-hydrogen) atoms. The molecule has 0 aromatic carbocycles. The molecule has 3 heteroatoms. The highest BCUT2D eigenvalue weighted by atomic mass is 16.1. The molecule has 0 saturated carbocycles. The first kappa shape index (κ1) is 8.06. The van der Waals surface area contributed by atoms with Crippen LogP contribution in [0, 0.1) is 11.3 Å². The highest BCUT2D eigenvalue weighted by Crippen LogP contribution is 2.14. The van der Waals surface area contributed by atoms with Gasteiger partial charge in [0.1, 0.15) is 11.6 Å². The fourth-order valence-electron chi connectivity index (χ4n) is 1.79. The first-order valence-corrected chi connectivity index (χ1v) is 4.45. The zero-order valence-electron chi connectivity index (χ0n) is 7.29. The normalized spacial score (nSPS) is 14.7. The fraction of sp³-hybridized carbons (Fsp3) is 0.400. The third-order valence-electron chi connectivity index (χ3n) is 2.46. The molecule has 1 aliphatic rings. The van der Waals surface area contributed by atoms with Crippen LogP contribution in [0.25, 0.3) is 0 Å². The minimum atomic E-state index is -0.143. The molecule has 0 spiro atoms. The molecular weight excluding hydrogens is 164 g/mol. The standard InChI is InChI=1S/C10H10N2O/c11-7-8-9-3-1-2-5-12(9)6-4-10(8)13/h4,6H,1-3,5H2. The van der Waals surface area contributed by atoms with Crippen molar-refractivity contribution in [2.24, 2.45) is 0 Å². The van der Waals surface area contributed by atoms with Crippen LogP contribution < -0.4 is 5.43 Å². The van der Waals surface area contributed by atoms with Gasteiger partial charge in [0.15, 0.2) is 5.43 Å². The number of hydrogen-bond acceptors (Lipinski definition) is 2. The Morgan fingerprint density at radius 3 is 3.08 bits per heavy atom. The van der Waals surface area contributed by atoms with Crippen molar-refractivity contribution in [3.8, 4) is 6.07 Å². The average molecular weight is 174 g/mol. The van der Waals surface area contributed by atoms with E-state index >= 15 is 0 Å². The van der Waals surface area contributed by atoms with Crippen molar-refractivity contribution in [1.29, 1.82) is 5.26 Å². The van der Waals surface area contributed by atoms with Crippen molar-refractivity contribution >= 4 is 0 Å². The van der Waals surface area contributed by atoms with Gasteiger partial charge in [-0.2, -0.15) is 5.26 Å². The van der Waals surface area contributed by atoms with Crippen LogP contribution in [-0.4, -0.2) is 4.57 Å². The number of pyridine rings is 1. The molecule has 2 heterocycles. The predicted octanol–water partition coefficient (Wildman–Crippen LogP) is 1.06. The van der Waals surface area contributed by atoms with Crippen LogP contribution in [0.2, 0.25) is 0 Å². The second-order valence-corrected chi connectivity index (χ2v) is 3.26. The number of nitrogens with zero attached hydrogens (tertiary/aromatic N) is 2. The number of fused-ring (bicyclic) bond motifs is 1. The molecule has 0 aliphatic carbocycles. The summed E-state index contributed by atoms with van der Waals surface area (Å²) in [4.78, 5) is 11.3. The van der Waals surface area contributed by atoms with E-state index in [-0.39, 0.29) is 5.43 Å². The van der Waals surface area contributed by atoms with Gasteiger partial charge in [-0.3, -0.25) is 4.79 Å². The SMILES string of the molecule is N#Cc1c2n(ccc1=O)CCCC2. The van der Waals surface area contributed by atoms with E-state index in [1.807, 2.05) is 10.6 Å². The van der Waals surface area contributed by atoms with Crippen molar-refractivity contribution in [1.82, 2.24) is 4.57 Å². The minimum Gasteiger partial charge on any atom is -0.350 e. The molecule has 1 aromatic heterocycles. The lowest BCUT2D eigenvalue weighted by Crippen LogP contribution is -2.20. The number of hydrogen-bond donors (Lipinski definition) is 0. The fourth-order valence-corrected chi connectivity index (χ4v) is 1.79. The largest absolute Gasteiger partial charge is 0.350 e. The number of aryl methyl sites for hydroxylation is 1. The molecule has 2 rings (SSSR count). The van der Waals surface area contributed by atoms with E-state index in [0.29, 0.717) is 5.56 Å². The van der Waals surface area contributed by atoms with Gasteiger partial charge < -0.3 is 4.57 Å². The van der Waals surface area contributed by atoms with Gasteiger partial charge in [0.05, 0.1) is 0 Å². The zero-order chi connectivity index (χ0) is 9.26. The Hall–Kier alpha value is -1.56. The third kappa shape index (κ3) is 1.25. The van der Waals surface area contributed by atoms with E-state index in [1.165, 1.54) is 6.07 Å². The molecule has 0 amide bonds. The monoisotopic (exact) mass is 174 g/mol. The summed E-state index contributed by atoms with van der Waals surface area (Å²) in [5.41, 5.74) is 1.11. The molecule has 1 aliphatic heterocycles. The van der Waals surface area contributed by atoms with Crippen molar-refractivity contribution in [3.05, 3.63) is 33.7 Å². The average Bonchev–Trinajstić information content (AvgIpc) is 2.18. The minimum absolute atomic E-state index is 0.143. The summed E-state index contributed by atoms with van der Waals surface area (Å²) in [6.45, 7) is 0.935. The second kappa shape index (κ2) is 3.06. The lowest BCUT2D eigenvalue weighted by Gasteiger charge is -2.18. The van der Waals surface area contributed by atoms with E-state index < -0.39 is 0 Å². The maximum Gasteiger partial charge on any atom is 0.199 e. The lowest BCUT2D eigenvalue weighted by atomic mass is 10.0. The van der Waals surface area contributed by atoms with Crippen LogP contribution in [-0.2, 0) is 13.0 Å². The molecule has 0 atom stereocenters. The lowest BCUT2D eigenvalue weighted by molar-refractivity contribution is 0.523. The molecule has 0 bridgehead atoms. The molecule has 3 nitrogen and oxygen atoms in total. The van der Waals surface area contributed by atoms with E-state index in [4.69, 9.17) is 5.26 Å². The smallest absolute Gasteiger partial charge is 0.199 e. The van der Waals surface area contributed by atoms with Crippen LogP contribution in [0.3, 0.4) is 0 Å². The molecule has 0 fully saturated rings. The predicted molar refractivity (Wildman–Crippen MR) is 48.4 cm³/mol. The van der Waals surface area contributed by atoms with E-state index in [2.05, 4.69) is 0 Å². The van der Waals surface area contributed by atoms with Crippen molar-refractivity contribution < 1.29 is 0 Å². The van der Waals surface area contributed by atoms with Crippen LogP contribution in [0.1, 0.15) is 24.1 Å². The molecule has 0 N–H and O–H groups in total. The first-order chi connectivity index (χ1) is 6.33. The Kier molecular flexibility index (Phi) is 1.90. The molecule has 0 unspecified atom stereocenters. The van der Waals surface area contributed by atoms with Gasteiger partial charge in [-0.1, -0.05) is 0 Å². The molecule has 66 valence electrons. The van der Waals surface area contributed by atoms with Crippen LogP contribution in [0.15, 0.2) is 17.1 Å². The third-order valence-corrected chi connectivity index (χ3v) is 2.46. The Bertz CT molecular complexity index is 426.